The van der Waals surface area contributed by atoms with Gasteiger partial charge in [0.25, 0.3) is 0 Å². The fourth-order valence-corrected chi connectivity index (χ4v) is 3.60. The second-order valence-electron chi connectivity index (χ2n) is 6.22. The minimum absolute atomic E-state index is 0.317. The van der Waals surface area contributed by atoms with Crippen molar-refractivity contribution < 1.29 is 5.11 Å². The molecule has 0 fully saturated rings. The normalized spacial score (nSPS) is 24.0. The van der Waals surface area contributed by atoms with Gasteiger partial charge in [0, 0.05) is 29.1 Å². The van der Waals surface area contributed by atoms with Crippen molar-refractivity contribution in [3.63, 3.8) is 0 Å². The van der Waals surface area contributed by atoms with Gasteiger partial charge in [0.1, 0.15) is 6.23 Å². The molecule has 126 valence electrons. The molecule has 2 aromatic rings. The molecule has 3 rings (SSSR count). The lowest BCUT2D eigenvalue weighted by molar-refractivity contribution is 0.0292. The Kier molecular flexibility index (Phi) is 4.47. The van der Waals surface area contributed by atoms with E-state index in [1.807, 2.05) is 49.4 Å². The molecular weight excluding hydrogens is 345 g/mol. The standard InChI is InChI=1S/C18H19Cl2N3O/c1-18(10-15(24)23(2)17(21)22-18)12-6-3-5-11(9-12)16-13(19)7-4-8-14(16)20/h3-9,15,24H,10H2,1-2H3,(H2,21,22). The predicted molar refractivity (Wildman–Crippen MR) is 99.3 cm³/mol. The summed E-state index contributed by atoms with van der Waals surface area (Å²) in [4.78, 5) is 6.16. The molecular formula is C18H19Cl2N3O. The fourth-order valence-electron chi connectivity index (χ4n) is 2.99. The van der Waals surface area contributed by atoms with Gasteiger partial charge in [0.15, 0.2) is 5.96 Å². The van der Waals surface area contributed by atoms with Crippen LogP contribution in [0, 0.1) is 0 Å². The number of hydrogen-bond acceptors (Lipinski definition) is 4. The number of nitrogens with two attached hydrogens (primary N) is 1. The lowest BCUT2D eigenvalue weighted by Gasteiger charge is -2.38. The van der Waals surface area contributed by atoms with E-state index in [1.165, 1.54) is 0 Å². The maximum Gasteiger partial charge on any atom is 0.193 e. The highest BCUT2D eigenvalue weighted by atomic mass is 35.5. The van der Waals surface area contributed by atoms with Gasteiger partial charge in [-0.15, -0.1) is 0 Å². The van der Waals surface area contributed by atoms with Crippen LogP contribution >= 0.6 is 23.2 Å². The van der Waals surface area contributed by atoms with Gasteiger partial charge >= 0.3 is 0 Å². The van der Waals surface area contributed by atoms with Crippen LogP contribution in [-0.2, 0) is 5.54 Å². The molecule has 1 aliphatic rings. The number of nitrogens with zero attached hydrogens (tertiary/aromatic N) is 2. The molecule has 0 saturated heterocycles. The first-order chi connectivity index (χ1) is 11.3. The topological polar surface area (TPSA) is 61.8 Å². The van der Waals surface area contributed by atoms with Crippen LogP contribution in [0.4, 0.5) is 0 Å². The smallest absolute Gasteiger partial charge is 0.193 e. The Balaban J connectivity index is 2.09. The molecule has 0 amide bonds. The van der Waals surface area contributed by atoms with Gasteiger partial charge in [-0.2, -0.15) is 0 Å². The molecule has 1 aliphatic heterocycles. The first-order valence-electron chi connectivity index (χ1n) is 7.63. The highest BCUT2D eigenvalue weighted by molar-refractivity contribution is 6.39. The second kappa shape index (κ2) is 6.28. The van der Waals surface area contributed by atoms with Crippen molar-refractivity contribution in [2.75, 3.05) is 7.05 Å². The molecule has 0 aromatic heterocycles. The summed E-state index contributed by atoms with van der Waals surface area (Å²) in [6.45, 7) is 1.96. The molecule has 0 spiro atoms. The van der Waals surface area contributed by atoms with E-state index in [1.54, 1.807) is 11.9 Å². The molecule has 0 saturated carbocycles. The van der Waals surface area contributed by atoms with Crippen LogP contribution in [0.2, 0.25) is 10.0 Å². The number of hydrogen-bond donors (Lipinski definition) is 2. The maximum absolute atomic E-state index is 10.2. The quantitative estimate of drug-likeness (QED) is 0.851. The largest absolute Gasteiger partial charge is 0.373 e. The Bertz CT molecular complexity index is 788. The summed E-state index contributed by atoms with van der Waals surface area (Å²) in [5, 5.41) is 11.4. The van der Waals surface area contributed by atoms with E-state index in [-0.39, 0.29) is 0 Å². The first-order valence-corrected chi connectivity index (χ1v) is 8.38. The minimum atomic E-state index is -0.681. The van der Waals surface area contributed by atoms with Crippen molar-refractivity contribution in [1.82, 2.24) is 4.90 Å². The van der Waals surface area contributed by atoms with Crippen LogP contribution in [0.3, 0.4) is 0 Å². The molecule has 0 radical (unpaired) electrons. The summed E-state index contributed by atoms with van der Waals surface area (Å²) in [7, 11) is 1.73. The van der Waals surface area contributed by atoms with Crippen molar-refractivity contribution in [1.29, 1.82) is 0 Å². The average Bonchev–Trinajstić information content (AvgIpc) is 2.53. The van der Waals surface area contributed by atoms with Gasteiger partial charge in [0.2, 0.25) is 0 Å². The SMILES string of the molecule is CN1C(N)=NC(C)(c2cccc(-c3c(Cl)cccc3Cl)c2)CC1O. The number of aliphatic imine (C=N–C) groups is 1. The van der Waals surface area contributed by atoms with Crippen molar-refractivity contribution >= 4 is 29.2 Å². The van der Waals surface area contributed by atoms with Gasteiger partial charge in [-0.25, -0.2) is 4.99 Å². The summed E-state index contributed by atoms with van der Waals surface area (Å²) < 4.78 is 0. The molecule has 2 atom stereocenters. The Labute approximate surface area is 151 Å². The zero-order valence-corrected chi connectivity index (χ0v) is 15.0. The van der Waals surface area contributed by atoms with Crippen LogP contribution < -0.4 is 5.73 Å². The minimum Gasteiger partial charge on any atom is -0.373 e. The van der Waals surface area contributed by atoms with Crippen LogP contribution in [0.25, 0.3) is 11.1 Å². The Morgan fingerprint density at radius 1 is 1.21 bits per heavy atom. The second-order valence-corrected chi connectivity index (χ2v) is 7.03. The summed E-state index contributed by atoms with van der Waals surface area (Å²) in [6.07, 6.45) is -0.232. The first kappa shape index (κ1) is 17.1. The van der Waals surface area contributed by atoms with Crippen LogP contribution in [0.5, 0.6) is 0 Å². The van der Waals surface area contributed by atoms with E-state index in [2.05, 4.69) is 4.99 Å². The highest BCUT2D eigenvalue weighted by Gasteiger charge is 2.36. The number of aliphatic hydroxyl groups is 1. The molecule has 6 heteroatoms. The summed E-state index contributed by atoms with van der Waals surface area (Å²) >= 11 is 12.6. The lowest BCUT2D eigenvalue weighted by Crippen LogP contribution is -2.50. The van der Waals surface area contributed by atoms with Crippen LogP contribution in [0.15, 0.2) is 47.5 Å². The van der Waals surface area contributed by atoms with Crippen molar-refractivity contribution in [2.45, 2.75) is 25.1 Å². The molecule has 1 heterocycles. The number of aliphatic hydroxyl groups excluding tert-OH is 1. The number of benzene rings is 2. The molecule has 2 aromatic carbocycles. The van der Waals surface area contributed by atoms with Gasteiger partial charge in [-0.1, -0.05) is 47.5 Å². The Morgan fingerprint density at radius 3 is 2.46 bits per heavy atom. The van der Waals surface area contributed by atoms with Gasteiger partial charge in [0.05, 0.1) is 5.54 Å². The van der Waals surface area contributed by atoms with E-state index in [4.69, 9.17) is 28.9 Å². The third-order valence-corrected chi connectivity index (χ3v) is 5.12. The molecule has 24 heavy (non-hydrogen) atoms. The lowest BCUT2D eigenvalue weighted by atomic mass is 9.85. The summed E-state index contributed by atoms with van der Waals surface area (Å²) in [6, 6.07) is 13.3. The van der Waals surface area contributed by atoms with E-state index in [9.17, 15) is 5.11 Å². The Hall–Kier alpha value is -1.75. The average molecular weight is 364 g/mol. The van der Waals surface area contributed by atoms with E-state index in [0.717, 1.165) is 16.7 Å². The van der Waals surface area contributed by atoms with E-state index in [0.29, 0.717) is 22.4 Å². The third kappa shape index (κ3) is 2.97. The van der Waals surface area contributed by atoms with Crippen LogP contribution in [-0.4, -0.2) is 29.2 Å². The van der Waals surface area contributed by atoms with Gasteiger partial charge in [-0.3, -0.25) is 0 Å². The van der Waals surface area contributed by atoms with E-state index >= 15 is 0 Å². The predicted octanol–water partition coefficient (Wildman–Crippen LogP) is 3.84. The summed E-state index contributed by atoms with van der Waals surface area (Å²) in [5.41, 5.74) is 7.99. The van der Waals surface area contributed by atoms with Crippen molar-refractivity contribution in [3.8, 4) is 11.1 Å². The van der Waals surface area contributed by atoms with Crippen LogP contribution in [0.1, 0.15) is 18.9 Å². The summed E-state index contributed by atoms with van der Waals surface area (Å²) in [5.74, 6) is 0.317. The number of halogens is 2. The molecule has 0 aliphatic carbocycles. The maximum atomic E-state index is 10.2. The highest BCUT2D eigenvalue weighted by Crippen LogP contribution is 2.39. The number of rotatable bonds is 2. The van der Waals surface area contributed by atoms with Crippen molar-refractivity contribution in [2.24, 2.45) is 10.7 Å². The van der Waals surface area contributed by atoms with Gasteiger partial charge in [-0.05, 0) is 36.2 Å². The molecule has 2 unspecified atom stereocenters. The van der Waals surface area contributed by atoms with E-state index < -0.39 is 11.8 Å². The molecule has 3 N–H and O–H groups in total. The fraction of sp³-hybridized carbons (Fsp3) is 0.278. The number of guanidine groups is 1. The molecule has 4 nitrogen and oxygen atoms in total. The molecule has 0 bridgehead atoms. The van der Waals surface area contributed by atoms with Crippen molar-refractivity contribution in [3.05, 3.63) is 58.1 Å². The third-order valence-electron chi connectivity index (χ3n) is 4.49. The zero-order chi connectivity index (χ0) is 17.5. The Morgan fingerprint density at radius 2 is 1.83 bits per heavy atom. The monoisotopic (exact) mass is 363 g/mol. The van der Waals surface area contributed by atoms with Gasteiger partial charge < -0.3 is 15.7 Å². The zero-order valence-electron chi connectivity index (χ0n) is 13.5.